The molecule has 2 amide bonds. The highest BCUT2D eigenvalue weighted by molar-refractivity contribution is 7.18. The molecule has 28 heavy (non-hydrogen) atoms. The van der Waals surface area contributed by atoms with Crippen LogP contribution in [0.5, 0.6) is 0 Å². The van der Waals surface area contributed by atoms with E-state index in [4.69, 9.17) is 21.1 Å². The Labute approximate surface area is 171 Å². The molecule has 0 atom stereocenters. The normalized spacial score (nSPS) is 14.1. The molecule has 2 heterocycles. The van der Waals surface area contributed by atoms with E-state index in [-0.39, 0.29) is 22.6 Å². The third-order valence-electron chi connectivity index (χ3n) is 4.30. The topological polar surface area (TPSA) is 67.9 Å². The van der Waals surface area contributed by atoms with Crippen LogP contribution in [0.15, 0.2) is 24.3 Å². The van der Waals surface area contributed by atoms with Gasteiger partial charge in [-0.15, -0.1) is 11.3 Å². The van der Waals surface area contributed by atoms with E-state index >= 15 is 0 Å². The van der Waals surface area contributed by atoms with Gasteiger partial charge in [-0.3, -0.25) is 9.59 Å². The summed E-state index contributed by atoms with van der Waals surface area (Å²) in [5, 5.41) is 3.27. The Kier molecular flexibility index (Phi) is 6.66. The number of hydrogen-bond donors (Lipinski definition) is 1. The van der Waals surface area contributed by atoms with Gasteiger partial charge in [-0.25, -0.2) is 4.39 Å². The fraction of sp³-hybridized carbons (Fsp3) is 0.368. The Morgan fingerprint density at radius 2 is 2.07 bits per heavy atom. The lowest BCUT2D eigenvalue weighted by Gasteiger charge is -2.38. The van der Waals surface area contributed by atoms with Crippen molar-refractivity contribution in [1.29, 1.82) is 0 Å². The molecule has 1 aliphatic heterocycles. The molecule has 1 aliphatic rings. The number of aryl methyl sites for hydroxylation is 1. The largest absolute Gasteiger partial charge is 0.382 e. The predicted octanol–water partition coefficient (Wildman–Crippen LogP) is 3.59. The summed E-state index contributed by atoms with van der Waals surface area (Å²) in [4.78, 5) is 27.3. The van der Waals surface area contributed by atoms with Crippen molar-refractivity contribution >= 4 is 39.8 Å². The van der Waals surface area contributed by atoms with Crippen molar-refractivity contribution in [3.8, 4) is 0 Å². The molecule has 6 nitrogen and oxygen atoms in total. The first-order valence-corrected chi connectivity index (χ1v) is 9.85. The van der Waals surface area contributed by atoms with Gasteiger partial charge in [0.15, 0.2) is 0 Å². The standard InChI is InChI=1S/C19H20ClFN2O4S/c1-11-7-16(22-18(24)14-4-3-12(21)8-15(14)20)28-17(11)19(25)23-9-13(10-23)27-6-5-26-2/h3-4,7-8,13H,5-6,9-10H2,1-2H3,(H,22,24). The van der Waals surface area contributed by atoms with Crippen molar-refractivity contribution in [3.63, 3.8) is 0 Å². The second-order valence-corrected chi connectivity index (χ2v) is 7.86. The lowest BCUT2D eigenvalue weighted by atomic mass is 10.1. The fourth-order valence-corrected chi connectivity index (χ4v) is 4.05. The molecule has 0 spiro atoms. The lowest BCUT2D eigenvalue weighted by Crippen LogP contribution is -2.54. The number of hydrogen-bond acceptors (Lipinski definition) is 5. The molecule has 1 fully saturated rings. The van der Waals surface area contributed by atoms with Gasteiger partial charge in [0.05, 0.1) is 39.8 Å². The van der Waals surface area contributed by atoms with Gasteiger partial charge >= 0.3 is 0 Å². The van der Waals surface area contributed by atoms with Crippen LogP contribution >= 0.6 is 22.9 Å². The number of ether oxygens (including phenoxy) is 2. The Balaban J connectivity index is 1.60. The SMILES string of the molecule is COCCOC1CN(C(=O)c2sc(NC(=O)c3ccc(F)cc3Cl)cc2C)C1. The molecule has 1 aromatic carbocycles. The molecule has 1 aromatic heterocycles. The molecule has 1 N–H and O–H groups in total. The van der Waals surface area contributed by atoms with Crippen molar-refractivity contribution in [3.05, 3.63) is 51.1 Å². The fourth-order valence-electron chi connectivity index (χ4n) is 2.76. The van der Waals surface area contributed by atoms with E-state index in [2.05, 4.69) is 5.32 Å². The first-order valence-electron chi connectivity index (χ1n) is 8.65. The summed E-state index contributed by atoms with van der Waals surface area (Å²) in [6.07, 6.45) is 0.0270. The predicted molar refractivity (Wildman–Crippen MR) is 106 cm³/mol. The number of halogens is 2. The van der Waals surface area contributed by atoms with Crippen molar-refractivity contribution < 1.29 is 23.5 Å². The van der Waals surface area contributed by atoms with Gasteiger partial charge in [0, 0.05) is 20.2 Å². The summed E-state index contributed by atoms with van der Waals surface area (Å²) >= 11 is 7.13. The maximum atomic E-state index is 13.1. The number of nitrogens with zero attached hydrogens (tertiary/aromatic N) is 1. The number of nitrogens with one attached hydrogen (secondary N) is 1. The molecular formula is C19H20ClFN2O4S. The van der Waals surface area contributed by atoms with Crippen LogP contribution in [-0.2, 0) is 9.47 Å². The number of amides is 2. The summed E-state index contributed by atoms with van der Waals surface area (Å²) in [5.41, 5.74) is 0.944. The number of methoxy groups -OCH3 is 1. The molecule has 0 aliphatic carbocycles. The Morgan fingerprint density at radius 1 is 1.32 bits per heavy atom. The summed E-state index contributed by atoms with van der Waals surface area (Å²) in [6, 6.07) is 5.31. The minimum Gasteiger partial charge on any atom is -0.382 e. The lowest BCUT2D eigenvalue weighted by molar-refractivity contribution is -0.0553. The summed E-state index contributed by atoms with van der Waals surface area (Å²) < 4.78 is 23.7. The number of likely N-dealkylation sites (tertiary alicyclic amines) is 1. The van der Waals surface area contributed by atoms with E-state index in [1.54, 1.807) is 18.1 Å². The van der Waals surface area contributed by atoms with Crippen molar-refractivity contribution in [2.24, 2.45) is 0 Å². The van der Waals surface area contributed by atoms with Crippen LogP contribution in [0.1, 0.15) is 25.6 Å². The minimum atomic E-state index is -0.513. The van der Waals surface area contributed by atoms with Crippen LogP contribution in [0, 0.1) is 12.7 Å². The second kappa shape index (κ2) is 9.00. The van der Waals surface area contributed by atoms with Gasteiger partial charge in [-0.1, -0.05) is 11.6 Å². The second-order valence-electron chi connectivity index (χ2n) is 6.40. The van der Waals surface area contributed by atoms with Gasteiger partial charge < -0.3 is 19.7 Å². The van der Waals surface area contributed by atoms with E-state index in [1.165, 1.54) is 23.5 Å². The van der Waals surface area contributed by atoms with Crippen LogP contribution in [0.25, 0.3) is 0 Å². The van der Waals surface area contributed by atoms with Gasteiger partial charge in [-0.05, 0) is 36.8 Å². The van der Waals surface area contributed by atoms with Crippen LogP contribution in [-0.4, -0.2) is 56.2 Å². The van der Waals surface area contributed by atoms with E-state index in [1.807, 2.05) is 6.92 Å². The minimum absolute atomic E-state index is 0.0270. The Hall–Kier alpha value is -2.00. The van der Waals surface area contributed by atoms with Crippen molar-refractivity contribution in [2.75, 3.05) is 38.7 Å². The molecule has 0 saturated carbocycles. The van der Waals surface area contributed by atoms with E-state index in [0.717, 1.165) is 11.6 Å². The molecule has 0 bridgehead atoms. The number of rotatable bonds is 7. The van der Waals surface area contributed by atoms with E-state index in [0.29, 0.717) is 36.2 Å². The molecule has 0 unspecified atom stereocenters. The van der Waals surface area contributed by atoms with Gasteiger partial charge in [-0.2, -0.15) is 0 Å². The smallest absolute Gasteiger partial charge is 0.264 e. The summed E-state index contributed by atoms with van der Waals surface area (Å²) in [5.74, 6) is -1.06. The van der Waals surface area contributed by atoms with E-state index < -0.39 is 11.7 Å². The zero-order valence-electron chi connectivity index (χ0n) is 15.5. The molecule has 150 valence electrons. The number of thiophene rings is 1. The number of benzene rings is 1. The monoisotopic (exact) mass is 426 g/mol. The first kappa shape index (κ1) is 20.7. The molecule has 9 heteroatoms. The van der Waals surface area contributed by atoms with Crippen LogP contribution in [0.2, 0.25) is 5.02 Å². The maximum absolute atomic E-state index is 13.1. The maximum Gasteiger partial charge on any atom is 0.264 e. The molecule has 3 rings (SSSR count). The highest BCUT2D eigenvalue weighted by Crippen LogP contribution is 2.30. The van der Waals surface area contributed by atoms with Crippen LogP contribution < -0.4 is 5.32 Å². The van der Waals surface area contributed by atoms with Gasteiger partial charge in [0.2, 0.25) is 0 Å². The molecular weight excluding hydrogens is 407 g/mol. The summed E-state index contributed by atoms with van der Waals surface area (Å²) in [6.45, 7) is 3.91. The van der Waals surface area contributed by atoms with Gasteiger partial charge in [0.1, 0.15) is 5.82 Å². The highest BCUT2D eigenvalue weighted by atomic mass is 35.5. The first-order chi connectivity index (χ1) is 13.4. The number of carbonyl (C=O) groups is 2. The molecule has 1 saturated heterocycles. The zero-order chi connectivity index (χ0) is 20.3. The Morgan fingerprint density at radius 3 is 2.75 bits per heavy atom. The number of anilines is 1. The van der Waals surface area contributed by atoms with Crippen LogP contribution in [0.4, 0.5) is 9.39 Å². The quantitative estimate of drug-likeness (QED) is 0.687. The summed E-state index contributed by atoms with van der Waals surface area (Å²) in [7, 11) is 1.61. The molecule has 0 radical (unpaired) electrons. The average molecular weight is 427 g/mol. The van der Waals surface area contributed by atoms with Crippen molar-refractivity contribution in [2.45, 2.75) is 13.0 Å². The molecule has 2 aromatic rings. The highest BCUT2D eigenvalue weighted by Gasteiger charge is 2.33. The average Bonchev–Trinajstić information content (AvgIpc) is 2.96. The third kappa shape index (κ3) is 4.70. The van der Waals surface area contributed by atoms with Gasteiger partial charge in [0.25, 0.3) is 11.8 Å². The van der Waals surface area contributed by atoms with Crippen LogP contribution in [0.3, 0.4) is 0 Å². The van der Waals surface area contributed by atoms with E-state index in [9.17, 15) is 14.0 Å². The third-order valence-corrected chi connectivity index (χ3v) is 5.75. The Bertz CT molecular complexity index is 883. The zero-order valence-corrected chi connectivity index (χ0v) is 17.0. The number of carbonyl (C=O) groups excluding carboxylic acids is 2. The van der Waals surface area contributed by atoms with Crippen molar-refractivity contribution in [1.82, 2.24) is 4.90 Å².